The van der Waals surface area contributed by atoms with E-state index in [0.717, 1.165) is 0 Å². The van der Waals surface area contributed by atoms with Crippen LogP contribution in [0.25, 0.3) is 10.9 Å². The Bertz CT molecular complexity index is 701. The summed E-state index contributed by atoms with van der Waals surface area (Å²) in [5.41, 5.74) is -0.00642. The van der Waals surface area contributed by atoms with Crippen molar-refractivity contribution in [1.82, 2.24) is 4.68 Å². The summed E-state index contributed by atoms with van der Waals surface area (Å²) in [5.74, 6) is -1.22. The number of hydrogen-bond acceptors (Lipinski definition) is 4. The normalized spacial score (nSPS) is 15.1. The second-order valence-corrected chi connectivity index (χ2v) is 4.31. The molecule has 19 heavy (non-hydrogen) atoms. The molecule has 1 aromatic carbocycles. The van der Waals surface area contributed by atoms with Crippen LogP contribution in [0.4, 0.5) is 0 Å². The zero-order chi connectivity index (χ0) is 13.4. The molecule has 6 nitrogen and oxygen atoms in total. The van der Waals surface area contributed by atoms with Gasteiger partial charge in [-0.05, 0) is 12.1 Å². The fourth-order valence-electron chi connectivity index (χ4n) is 2.22. The lowest BCUT2D eigenvalue weighted by molar-refractivity contribution is 0.0694. The number of para-hydroxylation sites is 1. The number of benzene rings is 1. The van der Waals surface area contributed by atoms with E-state index in [1.807, 2.05) is 11.1 Å². The molecule has 2 heterocycles. The minimum atomic E-state index is -1.22. The molecule has 1 N–H and O–H groups in total. The topological polar surface area (TPSA) is 71.8 Å². The highest BCUT2D eigenvalue weighted by molar-refractivity contribution is 5.92. The van der Waals surface area contributed by atoms with Crippen LogP contribution in [0.2, 0.25) is 0 Å². The Kier molecular flexibility index (Phi) is 2.72. The molecule has 1 aromatic heterocycles. The van der Waals surface area contributed by atoms with Gasteiger partial charge in [-0.15, -0.1) is 0 Å². The summed E-state index contributed by atoms with van der Waals surface area (Å²) in [7, 11) is 0. The first-order chi connectivity index (χ1) is 9.18. The van der Waals surface area contributed by atoms with E-state index in [4.69, 9.17) is 9.84 Å². The van der Waals surface area contributed by atoms with Crippen molar-refractivity contribution in [1.29, 1.82) is 0 Å². The SMILES string of the molecule is O=C(O)c1cn(N2CCOC2)c2ccccc2c1=O. The standard InChI is InChI=1S/C13H12N2O4/c16-12-9-3-1-2-4-11(9)15(7-10(12)13(17)18)14-5-6-19-8-14/h1-4,7H,5-6,8H2,(H,17,18). The van der Waals surface area contributed by atoms with Crippen molar-refractivity contribution in [2.75, 3.05) is 24.9 Å². The molecule has 1 aliphatic rings. The summed E-state index contributed by atoms with van der Waals surface area (Å²) in [6, 6.07) is 6.97. The highest BCUT2D eigenvalue weighted by Crippen LogP contribution is 2.13. The van der Waals surface area contributed by atoms with Crippen LogP contribution < -0.4 is 10.4 Å². The van der Waals surface area contributed by atoms with Crippen LogP contribution in [0.3, 0.4) is 0 Å². The highest BCUT2D eigenvalue weighted by Gasteiger charge is 2.19. The first-order valence-electron chi connectivity index (χ1n) is 5.89. The van der Waals surface area contributed by atoms with E-state index in [-0.39, 0.29) is 5.56 Å². The molecule has 0 aliphatic carbocycles. The van der Waals surface area contributed by atoms with Gasteiger partial charge in [0.1, 0.15) is 12.3 Å². The van der Waals surface area contributed by atoms with E-state index < -0.39 is 11.4 Å². The minimum Gasteiger partial charge on any atom is -0.477 e. The van der Waals surface area contributed by atoms with Crippen molar-refractivity contribution in [2.45, 2.75) is 0 Å². The number of pyridine rings is 1. The number of nitrogens with zero attached hydrogens (tertiary/aromatic N) is 2. The largest absolute Gasteiger partial charge is 0.477 e. The van der Waals surface area contributed by atoms with Gasteiger partial charge in [0.25, 0.3) is 0 Å². The first kappa shape index (κ1) is 11.7. The summed E-state index contributed by atoms with van der Waals surface area (Å²) in [6.45, 7) is 1.63. The molecule has 1 saturated heterocycles. The Hall–Kier alpha value is -2.34. The summed E-state index contributed by atoms with van der Waals surface area (Å²) < 4.78 is 6.96. The van der Waals surface area contributed by atoms with Gasteiger partial charge in [0.05, 0.1) is 18.7 Å². The van der Waals surface area contributed by atoms with Gasteiger partial charge >= 0.3 is 5.97 Å². The number of rotatable bonds is 2. The average Bonchev–Trinajstić information content (AvgIpc) is 2.93. The van der Waals surface area contributed by atoms with Crippen molar-refractivity contribution in [2.24, 2.45) is 0 Å². The van der Waals surface area contributed by atoms with Gasteiger partial charge in [0.15, 0.2) is 0 Å². The molecule has 1 fully saturated rings. The number of carboxylic acids is 1. The summed E-state index contributed by atoms with van der Waals surface area (Å²) in [5, 5.41) is 11.4. The van der Waals surface area contributed by atoms with Gasteiger partial charge in [-0.3, -0.25) is 14.5 Å². The maximum atomic E-state index is 12.1. The number of aromatic carboxylic acids is 1. The predicted octanol–water partition coefficient (Wildman–Crippen LogP) is 0.625. The maximum Gasteiger partial charge on any atom is 0.341 e. The molecule has 2 aromatic rings. The number of hydrogen-bond donors (Lipinski definition) is 1. The Morgan fingerprint density at radius 1 is 1.32 bits per heavy atom. The molecule has 1 aliphatic heterocycles. The molecule has 0 atom stereocenters. The van der Waals surface area contributed by atoms with E-state index >= 15 is 0 Å². The fraction of sp³-hybridized carbons (Fsp3) is 0.231. The molecule has 0 saturated carbocycles. The van der Waals surface area contributed by atoms with Crippen LogP contribution in [0.15, 0.2) is 35.3 Å². The summed E-state index contributed by atoms with van der Waals surface area (Å²) in [4.78, 5) is 23.3. The van der Waals surface area contributed by atoms with Crippen LogP contribution in [0, 0.1) is 0 Å². The third-order valence-electron chi connectivity index (χ3n) is 3.16. The lowest BCUT2D eigenvalue weighted by Crippen LogP contribution is -2.34. The first-order valence-corrected chi connectivity index (χ1v) is 5.89. The van der Waals surface area contributed by atoms with Crippen molar-refractivity contribution < 1.29 is 14.6 Å². The fourth-order valence-corrected chi connectivity index (χ4v) is 2.22. The number of ether oxygens (including phenoxy) is 1. The maximum absolute atomic E-state index is 12.1. The molecule has 98 valence electrons. The summed E-state index contributed by atoms with van der Waals surface area (Å²) >= 11 is 0. The monoisotopic (exact) mass is 260 g/mol. The Labute approximate surface area is 108 Å². The summed E-state index contributed by atoms with van der Waals surface area (Å²) in [6.07, 6.45) is 1.36. The van der Waals surface area contributed by atoms with E-state index in [1.165, 1.54) is 6.20 Å². The number of carbonyl (C=O) groups is 1. The molecule has 0 spiro atoms. The molecule has 6 heteroatoms. The van der Waals surface area contributed by atoms with Crippen LogP contribution in [0.5, 0.6) is 0 Å². The predicted molar refractivity (Wildman–Crippen MR) is 69.1 cm³/mol. The van der Waals surface area contributed by atoms with Gasteiger partial charge in [-0.1, -0.05) is 12.1 Å². The van der Waals surface area contributed by atoms with Crippen molar-refractivity contribution in [3.8, 4) is 0 Å². The molecule has 0 unspecified atom stereocenters. The zero-order valence-corrected chi connectivity index (χ0v) is 10.1. The van der Waals surface area contributed by atoms with E-state index in [1.54, 1.807) is 22.9 Å². The molecular formula is C13H12N2O4. The van der Waals surface area contributed by atoms with E-state index in [0.29, 0.717) is 30.8 Å². The number of aromatic nitrogens is 1. The van der Waals surface area contributed by atoms with E-state index in [2.05, 4.69) is 0 Å². The van der Waals surface area contributed by atoms with Gasteiger partial charge < -0.3 is 9.84 Å². The third-order valence-corrected chi connectivity index (χ3v) is 3.16. The van der Waals surface area contributed by atoms with Gasteiger partial charge in [-0.25, -0.2) is 4.79 Å². The Morgan fingerprint density at radius 3 is 2.79 bits per heavy atom. The number of fused-ring (bicyclic) bond motifs is 1. The molecule has 0 bridgehead atoms. The number of carboxylic acid groups (broad SMARTS) is 1. The quantitative estimate of drug-likeness (QED) is 0.857. The van der Waals surface area contributed by atoms with Gasteiger partial charge in [-0.2, -0.15) is 0 Å². The van der Waals surface area contributed by atoms with Crippen molar-refractivity contribution in [3.05, 3.63) is 46.2 Å². The molecule has 3 rings (SSSR count). The highest BCUT2D eigenvalue weighted by atomic mass is 16.5. The van der Waals surface area contributed by atoms with E-state index in [9.17, 15) is 9.59 Å². The lowest BCUT2D eigenvalue weighted by atomic mass is 10.1. The third kappa shape index (κ3) is 1.86. The van der Waals surface area contributed by atoms with Crippen LogP contribution >= 0.6 is 0 Å². The van der Waals surface area contributed by atoms with Crippen LogP contribution in [0.1, 0.15) is 10.4 Å². The lowest BCUT2D eigenvalue weighted by Gasteiger charge is -2.22. The Balaban J connectivity index is 2.33. The van der Waals surface area contributed by atoms with Gasteiger partial charge in [0.2, 0.25) is 5.43 Å². The second-order valence-electron chi connectivity index (χ2n) is 4.31. The Morgan fingerprint density at radius 2 is 2.11 bits per heavy atom. The second kappa shape index (κ2) is 4.40. The average molecular weight is 260 g/mol. The molecule has 0 radical (unpaired) electrons. The van der Waals surface area contributed by atoms with Crippen molar-refractivity contribution >= 4 is 16.9 Å². The van der Waals surface area contributed by atoms with Crippen LogP contribution in [-0.2, 0) is 4.74 Å². The zero-order valence-electron chi connectivity index (χ0n) is 10.1. The molecular weight excluding hydrogens is 248 g/mol. The van der Waals surface area contributed by atoms with Crippen LogP contribution in [-0.4, -0.2) is 35.6 Å². The van der Waals surface area contributed by atoms with Crippen molar-refractivity contribution in [3.63, 3.8) is 0 Å². The molecule has 0 amide bonds. The minimum absolute atomic E-state index is 0.231. The van der Waals surface area contributed by atoms with Gasteiger partial charge in [0, 0.05) is 11.6 Å². The smallest absolute Gasteiger partial charge is 0.341 e.